The van der Waals surface area contributed by atoms with Crippen molar-refractivity contribution in [2.24, 2.45) is 0 Å². The number of aromatic nitrogens is 2. The Labute approximate surface area is 108 Å². The van der Waals surface area contributed by atoms with Crippen molar-refractivity contribution in [2.45, 2.75) is 13.1 Å². The molecule has 0 bridgehead atoms. The van der Waals surface area contributed by atoms with E-state index in [2.05, 4.69) is 15.3 Å². The summed E-state index contributed by atoms with van der Waals surface area (Å²) in [4.78, 5) is 8.04. The Morgan fingerprint density at radius 2 is 1.79 bits per heavy atom. The Morgan fingerprint density at radius 1 is 1.11 bits per heavy atom. The summed E-state index contributed by atoms with van der Waals surface area (Å²) in [6.07, 6.45) is -1.60. The molecule has 0 aliphatic carbocycles. The highest BCUT2D eigenvalue weighted by Gasteiger charge is 2.34. The largest absolute Gasteiger partial charge is 0.417 e. The fourth-order valence-corrected chi connectivity index (χ4v) is 1.77. The molecule has 3 nitrogen and oxygen atoms in total. The Balaban J connectivity index is 2.60. The van der Waals surface area contributed by atoms with E-state index in [0.29, 0.717) is 12.4 Å². The molecule has 0 amide bonds. The summed E-state index contributed by atoms with van der Waals surface area (Å²) in [5.74, 6) is 0.349. The van der Waals surface area contributed by atoms with Gasteiger partial charge < -0.3 is 5.32 Å². The van der Waals surface area contributed by atoms with Crippen LogP contribution in [0.2, 0.25) is 0 Å². The van der Waals surface area contributed by atoms with Crippen LogP contribution in [0.25, 0.3) is 11.3 Å². The third kappa shape index (κ3) is 2.83. The first-order valence-corrected chi connectivity index (χ1v) is 5.75. The van der Waals surface area contributed by atoms with Crippen molar-refractivity contribution >= 4 is 5.82 Å². The average molecular weight is 267 g/mol. The fourth-order valence-electron chi connectivity index (χ4n) is 1.77. The SMILES string of the molecule is CCNc1nccnc1-c1ccccc1C(F)(F)F. The summed E-state index contributed by atoms with van der Waals surface area (Å²) in [6.45, 7) is 2.40. The number of hydrogen-bond donors (Lipinski definition) is 1. The van der Waals surface area contributed by atoms with Crippen molar-refractivity contribution in [3.63, 3.8) is 0 Å². The number of rotatable bonds is 3. The predicted octanol–water partition coefficient (Wildman–Crippen LogP) is 3.59. The second-order valence-electron chi connectivity index (χ2n) is 3.83. The van der Waals surface area contributed by atoms with Crippen molar-refractivity contribution in [3.05, 3.63) is 42.2 Å². The number of halogens is 3. The van der Waals surface area contributed by atoms with E-state index in [1.165, 1.54) is 24.5 Å². The van der Waals surface area contributed by atoms with Gasteiger partial charge in [0.05, 0.1) is 5.56 Å². The molecular weight excluding hydrogens is 255 g/mol. The summed E-state index contributed by atoms with van der Waals surface area (Å²) in [6, 6.07) is 5.35. The molecule has 0 fully saturated rings. The van der Waals surface area contributed by atoms with Crippen LogP contribution in [-0.2, 0) is 6.18 Å². The molecule has 0 saturated heterocycles. The number of hydrogen-bond acceptors (Lipinski definition) is 3. The molecule has 0 saturated carbocycles. The Bertz CT molecular complexity index is 567. The predicted molar refractivity (Wildman–Crippen MR) is 66.6 cm³/mol. The molecule has 1 aromatic heterocycles. The molecule has 0 unspecified atom stereocenters. The highest BCUT2D eigenvalue weighted by Crippen LogP contribution is 2.37. The topological polar surface area (TPSA) is 37.8 Å². The summed E-state index contributed by atoms with van der Waals surface area (Å²) in [5.41, 5.74) is -0.481. The molecule has 19 heavy (non-hydrogen) atoms. The maximum atomic E-state index is 13.0. The van der Waals surface area contributed by atoms with E-state index in [4.69, 9.17) is 0 Å². The van der Waals surface area contributed by atoms with Gasteiger partial charge in [-0.3, -0.25) is 4.98 Å². The first-order valence-electron chi connectivity index (χ1n) is 5.75. The lowest BCUT2D eigenvalue weighted by atomic mass is 10.0. The minimum atomic E-state index is -4.42. The van der Waals surface area contributed by atoms with Crippen LogP contribution in [-0.4, -0.2) is 16.5 Å². The van der Waals surface area contributed by atoms with E-state index in [1.807, 2.05) is 6.92 Å². The molecule has 1 heterocycles. The molecular formula is C13H12F3N3. The zero-order valence-corrected chi connectivity index (χ0v) is 10.2. The molecule has 100 valence electrons. The van der Waals surface area contributed by atoms with E-state index in [-0.39, 0.29) is 11.3 Å². The van der Waals surface area contributed by atoms with Crippen LogP contribution < -0.4 is 5.32 Å². The standard InChI is InChI=1S/C13H12F3N3/c1-2-17-12-11(18-7-8-19-12)9-5-3-4-6-10(9)13(14,15)16/h3-8H,2H2,1H3,(H,17,19). The minimum Gasteiger partial charge on any atom is -0.369 e. The van der Waals surface area contributed by atoms with Crippen molar-refractivity contribution < 1.29 is 13.2 Å². The van der Waals surface area contributed by atoms with Crippen LogP contribution in [0.15, 0.2) is 36.7 Å². The van der Waals surface area contributed by atoms with Crippen molar-refractivity contribution in [1.82, 2.24) is 9.97 Å². The molecule has 0 radical (unpaired) electrons. The summed E-state index contributed by atoms with van der Waals surface area (Å²) < 4.78 is 38.9. The second kappa shape index (κ2) is 5.26. The van der Waals surface area contributed by atoms with Gasteiger partial charge in [-0.05, 0) is 13.0 Å². The molecule has 0 atom stereocenters. The Morgan fingerprint density at radius 3 is 2.47 bits per heavy atom. The van der Waals surface area contributed by atoms with Gasteiger partial charge in [0.15, 0.2) is 5.82 Å². The van der Waals surface area contributed by atoms with Crippen LogP contribution >= 0.6 is 0 Å². The molecule has 0 aliphatic heterocycles. The van der Waals surface area contributed by atoms with Crippen LogP contribution in [0, 0.1) is 0 Å². The van der Waals surface area contributed by atoms with Crippen molar-refractivity contribution in [3.8, 4) is 11.3 Å². The summed E-state index contributed by atoms with van der Waals surface area (Å²) in [5, 5.41) is 2.91. The van der Waals surface area contributed by atoms with E-state index in [9.17, 15) is 13.2 Å². The zero-order valence-electron chi connectivity index (χ0n) is 10.2. The van der Waals surface area contributed by atoms with Gasteiger partial charge in [0.25, 0.3) is 0 Å². The van der Waals surface area contributed by atoms with Gasteiger partial charge >= 0.3 is 6.18 Å². The number of nitrogens with zero attached hydrogens (tertiary/aromatic N) is 2. The van der Waals surface area contributed by atoms with Gasteiger partial charge in [0, 0.05) is 24.5 Å². The highest BCUT2D eigenvalue weighted by atomic mass is 19.4. The third-order valence-corrected chi connectivity index (χ3v) is 2.53. The number of alkyl halides is 3. The van der Waals surface area contributed by atoms with Gasteiger partial charge in [-0.1, -0.05) is 18.2 Å². The van der Waals surface area contributed by atoms with E-state index >= 15 is 0 Å². The minimum absolute atomic E-state index is 0.0269. The fraction of sp³-hybridized carbons (Fsp3) is 0.231. The lowest BCUT2D eigenvalue weighted by Gasteiger charge is -2.14. The van der Waals surface area contributed by atoms with Crippen LogP contribution in [0.1, 0.15) is 12.5 Å². The van der Waals surface area contributed by atoms with Gasteiger partial charge in [0.2, 0.25) is 0 Å². The molecule has 0 spiro atoms. The first kappa shape index (κ1) is 13.3. The second-order valence-corrected chi connectivity index (χ2v) is 3.83. The smallest absolute Gasteiger partial charge is 0.369 e. The first-order chi connectivity index (χ1) is 9.04. The number of anilines is 1. The number of nitrogens with one attached hydrogen (secondary N) is 1. The normalized spacial score (nSPS) is 11.4. The highest BCUT2D eigenvalue weighted by molar-refractivity contribution is 5.74. The van der Waals surface area contributed by atoms with Gasteiger partial charge in [-0.2, -0.15) is 13.2 Å². The summed E-state index contributed by atoms with van der Waals surface area (Å²) >= 11 is 0. The quantitative estimate of drug-likeness (QED) is 0.923. The third-order valence-electron chi connectivity index (χ3n) is 2.53. The Kier molecular flexibility index (Phi) is 3.69. The van der Waals surface area contributed by atoms with Gasteiger partial charge in [0.1, 0.15) is 5.69 Å². The average Bonchev–Trinajstić information content (AvgIpc) is 2.39. The van der Waals surface area contributed by atoms with E-state index in [0.717, 1.165) is 6.07 Å². The molecule has 1 aromatic carbocycles. The van der Waals surface area contributed by atoms with Crippen molar-refractivity contribution in [1.29, 1.82) is 0 Å². The molecule has 6 heteroatoms. The van der Waals surface area contributed by atoms with Gasteiger partial charge in [-0.15, -0.1) is 0 Å². The lowest BCUT2D eigenvalue weighted by Crippen LogP contribution is -2.09. The van der Waals surface area contributed by atoms with Crippen molar-refractivity contribution in [2.75, 3.05) is 11.9 Å². The van der Waals surface area contributed by atoms with Crippen LogP contribution in [0.3, 0.4) is 0 Å². The lowest BCUT2D eigenvalue weighted by molar-refractivity contribution is -0.137. The molecule has 1 N–H and O–H groups in total. The maximum absolute atomic E-state index is 13.0. The van der Waals surface area contributed by atoms with E-state index in [1.54, 1.807) is 6.07 Å². The van der Waals surface area contributed by atoms with Crippen LogP contribution in [0.5, 0.6) is 0 Å². The van der Waals surface area contributed by atoms with E-state index < -0.39 is 11.7 Å². The Hall–Kier alpha value is -2.11. The maximum Gasteiger partial charge on any atom is 0.417 e. The summed E-state index contributed by atoms with van der Waals surface area (Å²) in [7, 11) is 0. The molecule has 2 rings (SSSR count). The van der Waals surface area contributed by atoms with Crippen LogP contribution in [0.4, 0.5) is 19.0 Å². The molecule has 0 aliphatic rings. The zero-order chi connectivity index (χ0) is 13.9. The monoisotopic (exact) mass is 267 g/mol. The van der Waals surface area contributed by atoms with Gasteiger partial charge in [-0.25, -0.2) is 4.98 Å². The molecule has 2 aromatic rings. The number of benzene rings is 1.